The topological polar surface area (TPSA) is 84.9 Å². The summed E-state index contributed by atoms with van der Waals surface area (Å²) in [6, 6.07) is 6.88. The highest BCUT2D eigenvalue weighted by atomic mass is 16.5. The van der Waals surface area contributed by atoms with Gasteiger partial charge in [-0.05, 0) is 17.7 Å². The fourth-order valence-electron chi connectivity index (χ4n) is 1.48. The molecule has 1 aromatic carbocycles. The van der Waals surface area contributed by atoms with E-state index in [2.05, 4.69) is 5.32 Å². The zero-order valence-corrected chi connectivity index (χ0v) is 10.9. The number of hydrogen-bond acceptors (Lipinski definition) is 4. The Morgan fingerprint density at radius 2 is 1.89 bits per heavy atom. The van der Waals surface area contributed by atoms with E-state index in [0.717, 1.165) is 5.56 Å². The van der Waals surface area contributed by atoms with Crippen LogP contribution < -0.4 is 5.32 Å². The SMILES string of the molecule is COCc1ccc(C(=O)NCC(OC)C(=O)O)cc1. The zero-order valence-electron chi connectivity index (χ0n) is 10.9. The predicted molar refractivity (Wildman–Crippen MR) is 67.9 cm³/mol. The van der Waals surface area contributed by atoms with Crippen molar-refractivity contribution in [1.82, 2.24) is 5.32 Å². The molecule has 1 amide bonds. The second-order valence-electron chi connectivity index (χ2n) is 3.90. The normalized spacial score (nSPS) is 11.9. The molecule has 0 radical (unpaired) electrons. The Hall–Kier alpha value is -1.92. The van der Waals surface area contributed by atoms with Crippen LogP contribution >= 0.6 is 0 Å². The molecular weight excluding hydrogens is 250 g/mol. The van der Waals surface area contributed by atoms with Gasteiger partial charge < -0.3 is 19.9 Å². The fraction of sp³-hybridized carbons (Fsp3) is 0.385. The Balaban J connectivity index is 2.55. The summed E-state index contributed by atoms with van der Waals surface area (Å²) in [6.07, 6.45) is -1.04. The average Bonchev–Trinajstić information content (AvgIpc) is 2.40. The van der Waals surface area contributed by atoms with Crippen LogP contribution in [0.15, 0.2) is 24.3 Å². The zero-order chi connectivity index (χ0) is 14.3. The van der Waals surface area contributed by atoms with Crippen molar-refractivity contribution in [1.29, 1.82) is 0 Å². The number of carboxylic acids is 1. The molecule has 1 atom stereocenters. The Bertz CT molecular complexity index is 429. The highest BCUT2D eigenvalue weighted by Crippen LogP contribution is 2.05. The van der Waals surface area contributed by atoms with Crippen molar-refractivity contribution >= 4 is 11.9 Å². The number of rotatable bonds is 7. The van der Waals surface area contributed by atoms with Crippen LogP contribution in [0.1, 0.15) is 15.9 Å². The van der Waals surface area contributed by atoms with E-state index in [1.165, 1.54) is 7.11 Å². The Morgan fingerprint density at radius 1 is 1.26 bits per heavy atom. The summed E-state index contributed by atoms with van der Waals surface area (Å²) in [5.74, 6) is -1.45. The number of aliphatic carboxylic acids is 1. The number of hydrogen-bond donors (Lipinski definition) is 2. The number of ether oxygens (including phenoxy) is 2. The van der Waals surface area contributed by atoms with E-state index in [0.29, 0.717) is 12.2 Å². The molecule has 0 aromatic heterocycles. The maximum Gasteiger partial charge on any atom is 0.334 e. The third-order valence-corrected chi connectivity index (χ3v) is 2.54. The van der Waals surface area contributed by atoms with Crippen molar-refractivity contribution in [2.45, 2.75) is 12.7 Å². The Morgan fingerprint density at radius 3 is 2.37 bits per heavy atom. The van der Waals surface area contributed by atoms with Crippen LogP contribution in [0.3, 0.4) is 0 Å². The second kappa shape index (κ2) is 7.50. The van der Waals surface area contributed by atoms with E-state index in [1.54, 1.807) is 31.4 Å². The van der Waals surface area contributed by atoms with Gasteiger partial charge in [-0.25, -0.2) is 4.79 Å². The highest BCUT2D eigenvalue weighted by molar-refractivity contribution is 5.94. The first-order valence-corrected chi connectivity index (χ1v) is 5.70. The third-order valence-electron chi connectivity index (χ3n) is 2.54. The minimum atomic E-state index is -1.11. The molecule has 2 N–H and O–H groups in total. The molecule has 6 nitrogen and oxygen atoms in total. The molecule has 1 aromatic rings. The van der Waals surface area contributed by atoms with E-state index in [-0.39, 0.29) is 12.5 Å². The average molecular weight is 267 g/mol. The molecule has 104 valence electrons. The number of carboxylic acid groups (broad SMARTS) is 1. The van der Waals surface area contributed by atoms with Gasteiger partial charge >= 0.3 is 5.97 Å². The first kappa shape index (κ1) is 15.1. The standard InChI is InChI=1S/C13H17NO5/c1-18-8-9-3-5-10(6-4-9)12(15)14-7-11(19-2)13(16)17/h3-6,11H,7-8H2,1-2H3,(H,14,15)(H,16,17). The lowest BCUT2D eigenvalue weighted by Gasteiger charge is -2.11. The van der Waals surface area contributed by atoms with Crippen molar-refractivity contribution < 1.29 is 24.2 Å². The van der Waals surface area contributed by atoms with Crippen molar-refractivity contribution in [3.8, 4) is 0 Å². The molecule has 0 aliphatic rings. The van der Waals surface area contributed by atoms with Crippen LogP contribution in [0.2, 0.25) is 0 Å². The van der Waals surface area contributed by atoms with Crippen LogP contribution in [-0.4, -0.2) is 43.9 Å². The van der Waals surface area contributed by atoms with E-state index < -0.39 is 12.1 Å². The minimum absolute atomic E-state index is 0.0789. The molecular formula is C13H17NO5. The molecule has 0 fully saturated rings. The first-order valence-electron chi connectivity index (χ1n) is 5.70. The monoisotopic (exact) mass is 267 g/mol. The summed E-state index contributed by atoms with van der Waals surface area (Å²) in [4.78, 5) is 22.5. The van der Waals surface area contributed by atoms with Crippen molar-refractivity contribution in [2.24, 2.45) is 0 Å². The lowest BCUT2D eigenvalue weighted by Crippen LogP contribution is -2.37. The largest absolute Gasteiger partial charge is 0.479 e. The molecule has 0 heterocycles. The number of amides is 1. The quantitative estimate of drug-likeness (QED) is 0.758. The third kappa shape index (κ3) is 4.69. The maximum atomic E-state index is 11.8. The summed E-state index contributed by atoms with van der Waals surface area (Å²) in [7, 11) is 2.88. The van der Waals surface area contributed by atoms with Gasteiger partial charge in [0.25, 0.3) is 5.91 Å². The molecule has 0 saturated carbocycles. The number of benzene rings is 1. The lowest BCUT2D eigenvalue weighted by molar-refractivity contribution is -0.148. The van der Waals surface area contributed by atoms with Crippen molar-refractivity contribution in [3.63, 3.8) is 0 Å². The fourth-order valence-corrected chi connectivity index (χ4v) is 1.48. The summed E-state index contributed by atoms with van der Waals surface area (Å²) < 4.78 is 9.68. The van der Waals surface area contributed by atoms with Gasteiger partial charge in [0.1, 0.15) is 0 Å². The van der Waals surface area contributed by atoms with Crippen LogP contribution in [0.5, 0.6) is 0 Å². The van der Waals surface area contributed by atoms with Crippen molar-refractivity contribution in [3.05, 3.63) is 35.4 Å². The number of nitrogens with one attached hydrogen (secondary N) is 1. The Kier molecular flexibility index (Phi) is 5.98. The molecule has 1 unspecified atom stereocenters. The van der Waals surface area contributed by atoms with E-state index in [9.17, 15) is 9.59 Å². The minimum Gasteiger partial charge on any atom is -0.479 e. The molecule has 0 aliphatic carbocycles. The van der Waals surface area contributed by atoms with Gasteiger partial charge in [-0.15, -0.1) is 0 Å². The Labute approximate surface area is 111 Å². The smallest absolute Gasteiger partial charge is 0.334 e. The van der Waals surface area contributed by atoms with Gasteiger partial charge in [-0.2, -0.15) is 0 Å². The van der Waals surface area contributed by atoms with Gasteiger partial charge in [-0.1, -0.05) is 12.1 Å². The maximum absolute atomic E-state index is 11.8. The van der Waals surface area contributed by atoms with Crippen molar-refractivity contribution in [2.75, 3.05) is 20.8 Å². The van der Waals surface area contributed by atoms with E-state index in [1.807, 2.05) is 0 Å². The van der Waals surface area contributed by atoms with E-state index in [4.69, 9.17) is 14.6 Å². The number of carbonyl (C=O) groups is 2. The summed E-state index contributed by atoms with van der Waals surface area (Å²) >= 11 is 0. The van der Waals surface area contributed by atoms with Gasteiger partial charge in [0, 0.05) is 19.8 Å². The lowest BCUT2D eigenvalue weighted by atomic mass is 10.1. The molecule has 0 bridgehead atoms. The van der Waals surface area contributed by atoms with Crippen LogP contribution in [0, 0.1) is 0 Å². The van der Waals surface area contributed by atoms with Crippen LogP contribution in [-0.2, 0) is 20.9 Å². The molecule has 6 heteroatoms. The molecule has 19 heavy (non-hydrogen) atoms. The molecule has 1 rings (SSSR count). The molecule has 0 aliphatic heterocycles. The van der Waals surface area contributed by atoms with E-state index >= 15 is 0 Å². The molecule has 0 saturated heterocycles. The summed E-state index contributed by atoms with van der Waals surface area (Å²) in [6.45, 7) is 0.400. The predicted octanol–water partition coefficient (Wildman–Crippen LogP) is 0.662. The highest BCUT2D eigenvalue weighted by Gasteiger charge is 2.17. The van der Waals surface area contributed by atoms with Gasteiger partial charge in [0.15, 0.2) is 6.10 Å². The first-order chi connectivity index (χ1) is 9.08. The number of methoxy groups -OCH3 is 2. The second-order valence-corrected chi connectivity index (χ2v) is 3.90. The van der Waals surface area contributed by atoms with Crippen LogP contribution in [0.25, 0.3) is 0 Å². The van der Waals surface area contributed by atoms with Gasteiger partial charge in [0.05, 0.1) is 13.2 Å². The van der Waals surface area contributed by atoms with Crippen LogP contribution in [0.4, 0.5) is 0 Å². The van der Waals surface area contributed by atoms with Gasteiger partial charge in [0.2, 0.25) is 0 Å². The summed E-state index contributed by atoms with van der Waals surface area (Å²) in [5.41, 5.74) is 1.42. The summed E-state index contributed by atoms with van der Waals surface area (Å²) in [5, 5.41) is 11.3. The van der Waals surface area contributed by atoms with Gasteiger partial charge in [-0.3, -0.25) is 4.79 Å². The molecule has 0 spiro atoms. The number of carbonyl (C=O) groups excluding carboxylic acids is 1.